The van der Waals surface area contributed by atoms with Crippen molar-refractivity contribution in [3.63, 3.8) is 0 Å². The molecule has 5 nitrogen and oxygen atoms in total. The highest BCUT2D eigenvalue weighted by Gasteiger charge is 2.16. The van der Waals surface area contributed by atoms with Crippen LogP contribution in [0.4, 0.5) is 0 Å². The van der Waals surface area contributed by atoms with Gasteiger partial charge in [0.1, 0.15) is 12.1 Å². The monoisotopic (exact) mass is 382 g/mol. The fraction of sp³-hybridized carbons (Fsp3) is 0.125. The Bertz CT molecular complexity index is 1050. The molecule has 0 unspecified atom stereocenters. The van der Waals surface area contributed by atoms with Crippen molar-refractivity contribution in [2.45, 2.75) is 11.8 Å². The summed E-state index contributed by atoms with van der Waals surface area (Å²) in [6.45, 7) is 1.88. The molecule has 2 aromatic carbocycles. The number of ether oxygens (including phenoxy) is 1. The summed E-state index contributed by atoms with van der Waals surface area (Å²) in [5.41, 5.74) is 2.71. The second kappa shape index (κ2) is 6.20. The maximum absolute atomic E-state index is 11.5. The Hall–Kier alpha value is -1.89. The molecule has 0 radical (unpaired) electrons. The number of hydrogen-bond donors (Lipinski definition) is 0. The predicted octanol–water partition coefficient (Wildman–Crippen LogP) is 4.19. The molecule has 0 fully saturated rings. The molecular formula is C16H12Cl2N2O3S. The van der Waals surface area contributed by atoms with E-state index in [0.29, 0.717) is 27.4 Å². The van der Waals surface area contributed by atoms with Gasteiger partial charge in [-0.15, -0.1) is 0 Å². The van der Waals surface area contributed by atoms with Gasteiger partial charge in [0.25, 0.3) is 9.05 Å². The molecule has 124 valence electrons. The van der Waals surface area contributed by atoms with Gasteiger partial charge < -0.3 is 4.74 Å². The van der Waals surface area contributed by atoms with E-state index in [1.165, 1.54) is 18.5 Å². The first kappa shape index (κ1) is 17.0. The smallest absolute Gasteiger partial charge is 0.261 e. The molecule has 1 heterocycles. The van der Waals surface area contributed by atoms with Crippen molar-refractivity contribution in [1.82, 2.24) is 9.97 Å². The summed E-state index contributed by atoms with van der Waals surface area (Å²) in [7, 11) is 3.12. The highest BCUT2D eigenvalue weighted by Crippen LogP contribution is 2.36. The van der Waals surface area contributed by atoms with Gasteiger partial charge in [-0.1, -0.05) is 11.6 Å². The Kier molecular flexibility index (Phi) is 4.38. The zero-order valence-electron chi connectivity index (χ0n) is 12.7. The summed E-state index contributed by atoms with van der Waals surface area (Å²) >= 11 is 6.15. The van der Waals surface area contributed by atoms with E-state index >= 15 is 0 Å². The van der Waals surface area contributed by atoms with Gasteiger partial charge in [0.05, 0.1) is 23.2 Å². The minimum Gasteiger partial charge on any atom is -0.496 e. The molecule has 0 atom stereocenters. The Morgan fingerprint density at radius 3 is 2.54 bits per heavy atom. The van der Waals surface area contributed by atoms with Gasteiger partial charge in [-0.25, -0.2) is 18.4 Å². The number of hydrogen-bond acceptors (Lipinski definition) is 5. The average Bonchev–Trinajstić information content (AvgIpc) is 2.55. The highest BCUT2D eigenvalue weighted by atomic mass is 35.7. The van der Waals surface area contributed by atoms with E-state index in [4.69, 9.17) is 27.0 Å². The van der Waals surface area contributed by atoms with Gasteiger partial charge in [-0.2, -0.15) is 0 Å². The van der Waals surface area contributed by atoms with E-state index in [9.17, 15) is 8.42 Å². The third-order valence-electron chi connectivity index (χ3n) is 3.63. The zero-order valence-corrected chi connectivity index (χ0v) is 15.1. The van der Waals surface area contributed by atoms with Crippen molar-refractivity contribution in [3.8, 4) is 17.0 Å². The predicted molar refractivity (Wildman–Crippen MR) is 94.3 cm³/mol. The maximum atomic E-state index is 11.5. The molecule has 0 spiro atoms. The van der Waals surface area contributed by atoms with Crippen LogP contribution in [0.2, 0.25) is 5.02 Å². The molecule has 0 amide bonds. The van der Waals surface area contributed by atoms with Gasteiger partial charge in [0.2, 0.25) is 0 Å². The number of fused-ring (bicyclic) bond motifs is 1. The fourth-order valence-electron chi connectivity index (χ4n) is 2.42. The standard InChI is InChI=1S/C16H12Cl2N2O3S/c1-9-5-12(15(23-2)7-13(9)17)16-11-4-3-10(24(18,21)22)6-14(11)19-8-20-16/h3-8H,1-2H3. The topological polar surface area (TPSA) is 69.2 Å². The highest BCUT2D eigenvalue weighted by molar-refractivity contribution is 8.13. The summed E-state index contributed by atoms with van der Waals surface area (Å²) < 4.78 is 28.4. The number of aryl methyl sites for hydroxylation is 1. The van der Waals surface area contributed by atoms with Crippen molar-refractivity contribution in [2.24, 2.45) is 0 Å². The van der Waals surface area contributed by atoms with E-state index in [-0.39, 0.29) is 4.90 Å². The molecule has 0 aliphatic heterocycles. The Morgan fingerprint density at radius 2 is 1.88 bits per heavy atom. The van der Waals surface area contributed by atoms with E-state index in [1.54, 1.807) is 19.2 Å². The minimum atomic E-state index is -3.83. The Morgan fingerprint density at radius 1 is 1.12 bits per heavy atom. The lowest BCUT2D eigenvalue weighted by Crippen LogP contribution is -1.96. The number of benzene rings is 2. The number of aromatic nitrogens is 2. The summed E-state index contributed by atoms with van der Waals surface area (Å²) in [5, 5.41) is 1.27. The van der Waals surface area contributed by atoms with E-state index in [1.807, 2.05) is 13.0 Å². The molecular weight excluding hydrogens is 371 g/mol. The molecule has 3 aromatic rings. The van der Waals surface area contributed by atoms with E-state index < -0.39 is 9.05 Å². The second-order valence-corrected chi connectivity index (χ2v) is 8.11. The lowest BCUT2D eigenvalue weighted by molar-refractivity contribution is 0.416. The first-order valence-corrected chi connectivity index (χ1v) is 9.54. The van der Waals surface area contributed by atoms with E-state index in [0.717, 1.165) is 11.1 Å². The van der Waals surface area contributed by atoms with Crippen LogP contribution in [0.25, 0.3) is 22.2 Å². The third kappa shape index (κ3) is 3.05. The normalized spacial score (nSPS) is 11.7. The van der Waals surface area contributed by atoms with Crippen LogP contribution >= 0.6 is 22.3 Å². The molecule has 0 bridgehead atoms. The SMILES string of the molecule is COc1cc(Cl)c(C)cc1-c1ncnc2cc(S(=O)(=O)Cl)ccc12. The summed E-state index contributed by atoms with van der Waals surface area (Å²) in [5.74, 6) is 0.569. The van der Waals surface area contributed by atoms with Crippen molar-refractivity contribution in [2.75, 3.05) is 7.11 Å². The summed E-state index contributed by atoms with van der Waals surface area (Å²) in [6, 6.07) is 8.06. The quantitative estimate of drug-likeness (QED) is 0.635. The minimum absolute atomic E-state index is 0.0134. The van der Waals surface area contributed by atoms with Crippen LogP contribution in [-0.4, -0.2) is 25.5 Å². The molecule has 0 N–H and O–H groups in total. The van der Waals surface area contributed by atoms with Crippen LogP contribution < -0.4 is 4.74 Å². The fourth-order valence-corrected chi connectivity index (χ4v) is 3.34. The molecule has 0 saturated heterocycles. The first-order chi connectivity index (χ1) is 11.3. The van der Waals surface area contributed by atoms with Crippen LogP contribution in [0, 0.1) is 6.92 Å². The van der Waals surface area contributed by atoms with Crippen LogP contribution in [0.1, 0.15) is 5.56 Å². The first-order valence-electron chi connectivity index (χ1n) is 6.85. The molecule has 3 rings (SSSR count). The number of halogens is 2. The van der Waals surface area contributed by atoms with Gasteiger partial charge in [-0.05, 0) is 42.8 Å². The van der Waals surface area contributed by atoms with Crippen molar-refractivity contribution >= 4 is 42.2 Å². The van der Waals surface area contributed by atoms with Crippen LogP contribution in [0.15, 0.2) is 41.6 Å². The van der Waals surface area contributed by atoms with E-state index in [2.05, 4.69) is 9.97 Å². The van der Waals surface area contributed by atoms with Gasteiger partial charge in [0.15, 0.2) is 0 Å². The van der Waals surface area contributed by atoms with Crippen molar-refractivity contribution in [3.05, 3.63) is 47.2 Å². The van der Waals surface area contributed by atoms with Crippen LogP contribution in [0.3, 0.4) is 0 Å². The summed E-state index contributed by atoms with van der Waals surface area (Å²) in [6.07, 6.45) is 1.37. The van der Waals surface area contributed by atoms with Gasteiger partial charge in [-0.3, -0.25) is 0 Å². The largest absolute Gasteiger partial charge is 0.496 e. The Labute approximate surface area is 148 Å². The maximum Gasteiger partial charge on any atom is 0.261 e. The lowest BCUT2D eigenvalue weighted by atomic mass is 10.0. The molecule has 0 aliphatic carbocycles. The molecule has 24 heavy (non-hydrogen) atoms. The van der Waals surface area contributed by atoms with Crippen molar-refractivity contribution in [1.29, 1.82) is 0 Å². The Balaban J connectivity index is 2.30. The van der Waals surface area contributed by atoms with Crippen LogP contribution in [-0.2, 0) is 9.05 Å². The zero-order chi connectivity index (χ0) is 17.5. The second-order valence-electron chi connectivity index (χ2n) is 5.14. The number of nitrogens with zero attached hydrogens (tertiary/aromatic N) is 2. The number of methoxy groups -OCH3 is 1. The van der Waals surface area contributed by atoms with Crippen LogP contribution in [0.5, 0.6) is 5.75 Å². The molecule has 0 aliphatic rings. The lowest BCUT2D eigenvalue weighted by Gasteiger charge is -2.12. The molecule has 1 aromatic heterocycles. The molecule has 0 saturated carbocycles. The van der Waals surface area contributed by atoms with Gasteiger partial charge in [0, 0.05) is 26.7 Å². The van der Waals surface area contributed by atoms with Gasteiger partial charge >= 0.3 is 0 Å². The average molecular weight is 383 g/mol. The number of rotatable bonds is 3. The summed E-state index contributed by atoms with van der Waals surface area (Å²) in [4.78, 5) is 8.45. The molecule has 8 heteroatoms. The van der Waals surface area contributed by atoms with Crippen molar-refractivity contribution < 1.29 is 13.2 Å². The third-order valence-corrected chi connectivity index (χ3v) is 5.38.